The highest BCUT2D eigenvalue weighted by Crippen LogP contribution is 2.22. The largest absolute Gasteiger partial charge is 0.341 e. The van der Waals surface area contributed by atoms with Crippen LogP contribution < -0.4 is 10.6 Å². The molecule has 0 radical (unpaired) electrons. The van der Waals surface area contributed by atoms with Crippen LogP contribution in [0, 0.1) is 5.41 Å². The highest BCUT2D eigenvalue weighted by Gasteiger charge is 2.31. The molecule has 8 heteroatoms. The van der Waals surface area contributed by atoms with E-state index in [1.807, 2.05) is 20.8 Å². The molecule has 7 nitrogen and oxygen atoms in total. The van der Waals surface area contributed by atoms with Gasteiger partial charge in [-0.2, -0.15) is 4.31 Å². The van der Waals surface area contributed by atoms with Crippen molar-refractivity contribution < 1.29 is 13.2 Å². The minimum atomic E-state index is -3.69. The Bertz CT molecular complexity index is 596. The number of hydrogen-bond acceptors (Lipinski definition) is 4. The zero-order valence-electron chi connectivity index (χ0n) is 13.6. The second kappa shape index (κ2) is 7.06. The van der Waals surface area contributed by atoms with Crippen molar-refractivity contribution in [2.45, 2.75) is 31.8 Å². The molecule has 2 N–H and O–H groups in total. The minimum Gasteiger partial charge on any atom is -0.341 e. The summed E-state index contributed by atoms with van der Waals surface area (Å²) in [6.07, 6.45) is 1.44. The molecule has 1 aromatic heterocycles. The van der Waals surface area contributed by atoms with Gasteiger partial charge in [-0.1, -0.05) is 26.8 Å². The maximum absolute atomic E-state index is 12.5. The lowest BCUT2D eigenvalue weighted by Crippen LogP contribution is -2.53. The van der Waals surface area contributed by atoms with Gasteiger partial charge in [-0.05, 0) is 17.5 Å². The van der Waals surface area contributed by atoms with E-state index in [-0.39, 0.29) is 29.1 Å². The molecule has 1 heterocycles. The van der Waals surface area contributed by atoms with E-state index in [9.17, 15) is 13.2 Å². The number of likely N-dealkylation sites (N-methyl/N-ethyl adjacent to an activating group) is 1. The van der Waals surface area contributed by atoms with Crippen molar-refractivity contribution in [3.05, 3.63) is 24.4 Å². The van der Waals surface area contributed by atoms with Crippen molar-refractivity contribution in [2.24, 2.45) is 5.41 Å². The highest BCUT2D eigenvalue weighted by atomic mass is 32.2. The first-order valence-electron chi connectivity index (χ1n) is 6.94. The van der Waals surface area contributed by atoms with Gasteiger partial charge in [-0.3, -0.25) is 0 Å². The van der Waals surface area contributed by atoms with Gasteiger partial charge in [0, 0.05) is 32.9 Å². The van der Waals surface area contributed by atoms with Crippen LogP contribution in [0.2, 0.25) is 0 Å². The van der Waals surface area contributed by atoms with Crippen LogP contribution in [0.15, 0.2) is 29.4 Å². The van der Waals surface area contributed by atoms with Crippen molar-refractivity contribution >= 4 is 16.1 Å². The summed E-state index contributed by atoms with van der Waals surface area (Å²) < 4.78 is 26.2. The zero-order valence-corrected chi connectivity index (χ0v) is 14.4. The highest BCUT2D eigenvalue weighted by molar-refractivity contribution is 7.89. The van der Waals surface area contributed by atoms with Gasteiger partial charge in [0.2, 0.25) is 0 Å². The Balaban J connectivity index is 2.96. The van der Waals surface area contributed by atoms with Gasteiger partial charge in [0.25, 0.3) is 10.0 Å². The number of sulfonamides is 1. The van der Waals surface area contributed by atoms with Crippen LogP contribution in [0.3, 0.4) is 0 Å². The van der Waals surface area contributed by atoms with Crippen molar-refractivity contribution in [1.82, 2.24) is 19.9 Å². The predicted octanol–water partition coefficient (Wildman–Crippen LogP) is 1.05. The molecule has 22 heavy (non-hydrogen) atoms. The Kier molecular flexibility index (Phi) is 5.90. The van der Waals surface area contributed by atoms with Crippen LogP contribution in [0.25, 0.3) is 0 Å². The molecule has 0 saturated heterocycles. The van der Waals surface area contributed by atoms with E-state index < -0.39 is 10.0 Å². The van der Waals surface area contributed by atoms with E-state index in [4.69, 9.17) is 0 Å². The number of nitrogens with one attached hydrogen (secondary N) is 2. The summed E-state index contributed by atoms with van der Waals surface area (Å²) in [4.78, 5) is 15.5. The van der Waals surface area contributed by atoms with Gasteiger partial charge in [0.1, 0.15) is 0 Å². The van der Waals surface area contributed by atoms with Gasteiger partial charge in [-0.15, -0.1) is 0 Å². The Morgan fingerprint density at radius 3 is 2.45 bits per heavy atom. The standard InChI is InChI=1S/C14H24N4O3S/c1-14(2,3)11(17-13(19)15-4)10-18(5)22(20,21)12-8-6-7-9-16-12/h6-9,11H,10H2,1-5H3,(H2,15,17,19). The lowest BCUT2D eigenvalue weighted by atomic mass is 9.87. The maximum Gasteiger partial charge on any atom is 0.314 e. The van der Waals surface area contributed by atoms with Gasteiger partial charge in [0.15, 0.2) is 5.03 Å². The SMILES string of the molecule is CNC(=O)NC(CN(C)S(=O)(=O)c1ccccn1)C(C)(C)C. The second-order valence-corrected chi connectivity index (χ2v) is 8.09. The normalized spacial score (nSPS) is 13.7. The smallest absolute Gasteiger partial charge is 0.314 e. The van der Waals surface area contributed by atoms with E-state index in [1.54, 1.807) is 12.1 Å². The first kappa shape index (κ1) is 18.4. The van der Waals surface area contributed by atoms with Crippen LogP contribution in [-0.4, -0.2) is 50.4 Å². The zero-order chi connectivity index (χ0) is 17.0. The minimum absolute atomic E-state index is 0.00916. The third-order valence-electron chi connectivity index (χ3n) is 3.33. The number of pyridine rings is 1. The molecular formula is C14H24N4O3S. The van der Waals surface area contributed by atoms with Gasteiger partial charge < -0.3 is 10.6 Å². The van der Waals surface area contributed by atoms with Crippen LogP contribution in [0.4, 0.5) is 4.79 Å². The molecule has 0 aromatic carbocycles. The molecule has 0 aliphatic carbocycles. The van der Waals surface area contributed by atoms with Crippen molar-refractivity contribution in [3.63, 3.8) is 0 Å². The first-order chi connectivity index (χ1) is 10.1. The number of urea groups is 1. The van der Waals surface area contributed by atoms with Gasteiger partial charge >= 0.3 is 6.03 Å². The molecular weight excluding hydrogens is 304 g/mol. The van der Waals surface area contributed by atoms with Crippen LogP contribution in [0.5, 0.6) is 0 Å². The number of carbonyl (C=O) groups is 1. The Labute approximate surface area is 132 Å². The lowest BCUT2D eigenvalue weighted by Gasteiger charge is -2.34. The quantitative estimate of drug-likeness (QED) is 0.845. The third kappa shape index (κ3) is 4.67. The number of amides is 2. The fourth-order valence-corrected chi connectivity index (χ4v) is 2.89. The molecule has 0 aliphatic rings. The summed E-state index contributed by atoms with van der Waals surface area (Å²) in [5.41, 5.74) is -0.305. The summed E-state index contributed by atoms with van der Waals surface area (Å²) in [5.74, 6) is 0. The van der Waals surface area contributed by atoms with Crippen LogP contribution >= 0.6 is 0 Å². The molecule has 1 rings (SSSR count). The number of rotatable bonds is 5. The lowest BCUT2D eigenvalue weighted by molar-refractivity contribution is 0.209. The summed E-state index contributed by atoms with van der Waals surface area (Å²) in [7, 11) is -0.689. The van der Waals surface area contributed by atoms with Crippen molar-refractivity contribution in [2.75, 3.05) is 20.6 Å². The molecule has 0 saturated carbocycles. The van der Waals surface area contributed by atoms with Gasteiger partial charge in [-0.25, -0.2) is 18.2 Å². The summed E-state index contributed by atoms with van der Waals surface area (Å²) >= 11 is 0. The monoisotopic (exact) mass is 328 g/mol. The molecule has 0 bridgehead atoms. The fourth-order valence-electron chi connectivity index (χ4n) is 1.78. The predicted molar refractivity (Wildman–Crippen MR) is 84.9 cm³/mol. The van der Waals surface area contributed by atoms with Crippen LogP contribution in [0.1, 0.15) is 20.8 Å². The summed E-state index contributed by atoms with van der Waals surface area (Å²) in [6, 6.07) is 4.03. The Morgan fingerprint density at radius 2 is 2.00 bits per heavy atom. The van der Waals surface area contributed by atoms with Gasteiger partial charge in [0.05, 0.1) is 0 Å². The number of aromatic nitrogens is 1. The number of hydrogen-bond donors (Lipinski definition) is 2. The fraction of sp³-hybridized carbons (Fsp3) is 0.571. The Morgan fingerprint density at radius 1 is 1.36 bits per heavy atom. The third-order valence-corrected chi connectivity index (χ3v) is 5.07. The molecule has 124 valence electrons. The van der Waals surface area contributed by atoms with Crippen molar-refractivity contribution in [3.8, 4) is 0 Å². The van der Waals surface area contributed by atoms with E-state index in [2.05, 4.69) is 15.6 Å². The van der Waals surface area contributed by atoms with E-state index in [0.717, 1.165) is 0 Å². The molecule has 1 atom stereocenters. The van der Waals surface area contributed by atoms with Crippen LogP contribution in [-0.2, 0) is 10.0 Å². The molecule has 1 aromatic rings. The summed E-state index contributed by atoms with van der Waals surface area (Å²) in [6.45, 7) is 5.97. The average Bonchev–Trinajstić information content (AvgIpc) is 2.46. The second-order valence-electron chi connectivity index (χ2n) is 6.10. The number of nitrogens with zero attached hydrogens (tertiary/aromatic N) is 2. The molecule has 0 spiro atoms. The molecule has 0 fully saturated rings. The summed E-state index contributed by atoms with van der Waals surface area (Å²) in [5, 5.41) is 5.26. The first-order valence-corrected chi connectivity index (χ1v) is 8.38. The van der Waals surface area contributed by atoms with E-state index in [0.29, 0.717) is 0 Å². The Hall–Kier alpha value is -1.67. The maximum atomic E-state index is 12.5. The van der Waals surface area contributed by atoms with E-state index in [1.165, 1.54) is 30.7 Å². The topological polar surface area (TPSA) is 91.4 Å². The molecule has 0 aliphatic heterocycles. The van der Waals surface area contributed by atoms with E-state index >= 15 is 0 Å². The molecule has 2 amide bonds. The molecule has 1 unspecified atom stereocenters. The van der Waals surface area contributed by atoms with Crippen molar-refractivity contribution in [1.29, 1.82) is 0 Å². The average molecular weight is 328 g/mol. The number of carbonyl (C=O) groups excluding carboxylic acids is 1.